The number of aromatic nitrogens is 7. The van der Waals surface area contributed by atoms with Crippen molar-refractivity contribution in [1.82, 2.24) is 35.2 Å². The summed E-state index contributed by atoms with van der Waals surface area (Å²) in [5, 5.41) is 14.5. The molecule has 1 N–H and O–H groups in total. The van der Waals surface area contributed by atoms with Crippen LogP contribution in [-0.2, 0) is 13.0 Å². The number of pyridine rings is 1. The first-order chi connectivity index (χ1) is 16.6. The Balaban J connectivity index is 1.56. The van der Waals surface area contributed by atoms with Crippen LogP contribution >= 0.6 is 0 Å². The zero-order valence-electron chi connectivity index (χ0n) is 19.2. The van der Waals surface area contributed by atoms with Gasteiger partial charge in [-0.05, 0) is 65.6 Å². The number of aromatic amines is 1. The first kappa shape index (κ1) is 20.3. The Morgan fingerprint density at radius 2 is 1.94 bits per heavy atom. The summed E-state index contributed by atoms with van der Waals surface area (Å²) in [5.74, 6) is 2.28. The highest BCUT2D eigenvalue weighted by molar-refractivity contribution is 5.94. The minimum Gasteiger partial charge on any atom is -0.488 e. The molecule has 2 aromatic carbocycles. The Hall–Kier alpha value is -4.33. The fourth-order valence-corrected chi connectivity index (χ4v) is 4.63. The molecule has 5 aromatic rings. The van der Waals surface area contributed by atoms with Crippen molar-refractivity contribution in [3.8, 4) is 11.4 Å². The molecule has 0 atom stereocenters. The number of aryl methyl sites for hydroxylation is 3. The van der Waals surface area contributed by atoms with Gasteiger partial charge < -0.3 is 4.74 Å². The number of nitrogens with zero attached hydrogens (tertiary/aromatic N) is 6. The maximum Gasteiger partial charge on any atom is 0.198 e. The van der Waals surface area contributed by atoms with Gasteiger partial charge in [-0.25, -0.2) is 9.97 Å². The number of fused-ring (bicyclic) bond motifs is 3. The molecule has 0 unspecified atom stereocenters. The van der Waals surface area contributed by atoms with E-state index in [2.05, 4.69) is 75.4 Å². The van der Waals surface area contributed by atoms with Gasteiger partial charge in [-0.1, -0.05) is 31.2 Å². The van der Waals surface area contributed by atoms with E-state index in [9.17, 15) is 0 Å². The van der Waals surface area contributed by atoms with E-state index in [0.29, 0.717) is 12.4 Å². The summed E-state index contributed by atoms with van der Waals surface area (Å²) in [6.45, 7) is 6.68. The molecule has 0 saturated heterocycles. The van der Waals surface area contributed by atoms with Crippen molar-refractivity contribution in [1.29, 1.82) is 0 Å². The predicted octanol–water partition coefficient (Wildman–Crippen LogP) is 4.59. The summed E-state index contributed by atoms with van der Waals surface area (Å²) >= 11 is 0. The van der Waals surface area contributed by atoms with E-state index < -0.39 is 0 Å². The lowest BCUT2D eigenvalue weighted by atomic mass is 9.94. The number of rotatable bonds is 3. The molecule has 0 saturated carbocycles. The first-order valence-corrected chi connectivity index (χ1v) is 11.3. The van der Waals surface area contributed by atoms with Crippen molar-refractivity contribution < 1.29 is 4.74 Å². The molecule has 8 heteroatoms. The van der Waals surface area contributed by atoms with E-state index >= 15 is 0 Å². The summed E-state index contributed by atoms with van der Waals surface area (Å²) in [6.07, 6.45) is 2.73. The Labute approximate surface area is 196 Å². The molecule has 8 nitrogen and oxygen atoms in total. The summed E-state index contributed by atoms with van der Waals surface area (Å²) < 4.78 is 8.48. The Morgan fingerprint density at radius 1 is 1.06 bits per heavy atom. The number of hydrogen-bond donors (Lipinski definition) is 1. The smallest absolute Gasteiger partial charge is 0.198 e. The van der Waals surface area contributed by atoms with Crippen molar-refractivity contribution in [2.45, 2.75) is 33.8 Å². The van der Waals surface area contributed by atoms with Crippen LogP contribution in [0, 0.1) is 13.8 Å². The molecule has 168 valence electrons. The molecule has 4 heterocycles. The zero-order chi connectivity index (χ0) is 23.2. The highest BCUT2D eigenvalue weighted by atomic mass is 16.5. The third-order valence-corrected chi connectivity index (χ3v) is 6.16. The van der Waals surface area contributed by atoms with Gasteiger partial charge in [0.15, 0.2) is 11.5 Å². The Morgan fingerprint density at radius 3 is 2.76 bits per heavy atom. The normalized spacial score (nSPS) is 14.0. The van der Waals surface area contributed by atoms with Gasteiger partial charge in [-0.3, -0.25) is 4.57 Å². The number of benzene rings is 2. The van der Waals surface area contributed by atoms with Crippen LogP contribution in [0.2, 0.25) is 0 Å². The largest absolute Gasteiger partial charge is 0.488 e. The Kier molecular flexibility index (Phi) is 4.72. The van der Waals surface area contributed by atoms with Gasteiger partial charge in [-0.15, -0.1) is 10.2 Å². The van der Waals surface area contributed by atoms with E-state index in [-0.39, 0.29) is 0 Å². The van der Waals surface area contributed by atoms with Crippen LogP contribution in [0.1, 0.15) is 46.5 Å². The van der Waals surface area contributed by atoms with Gasteiger partial charge in [-0.2, -0.15) is 5.21 Å². The minimum atomic E-state index is 0.470. The van der Waals surface area contributed by atoms with Crippen LogP contribution in [0.5, 0.6) is 5.75 Å². The Bertz CT molecular complexity index is 1560. The SMILES string of the molecule is CCc1nc2c(C)cc(C)nc2n1-c1ccc2c(c1)OCc1ccccc1/C2=C\c1nn[nH]n1. The molecular weight excluding hydrogens is 426 g/mol. The molecular formula is C26H23N7O. The molecule has 1 aliphatic rings. The summed E-state index contributed by atoms with van der Waals surface area (Å²) in [7, 11) is 0. The van der Waals surface area contributed by atoms with Crippen molar-refractivity contribution in [3.63, 3.8) is 0 Å². The van der Waals surface area contributed by atoms with Gasteiger partial charge in [0.25, 0.3) is 0 Å². The third-order valence-electron chi connectivity index (χ3n) is 6.16. The van der Waals surface area contributed by atoms with Crippen molar-refractivity contribution in [3.05, 3.63) is 88.1 Å². The fourth-order valence-electron chi connectivity index (χ4n) is 4.63. The fraction of sp³-hybridized carbons (Fsp3) is 0.192. The molecule has 6 rings (SSSR count). The molecule has 0 aliphatic carbocycles. The van der Waals surface area contributed by atoms with E-state index in [1.807, 2.05) is 25.1 Å². The second-order valence-corrected chi connectivity index (χ2v) is 8.42. The van der Waals surface area contributed by atoms with Gasteiger partial charge >= 0.3 is 0 Å². The molecule has 3 aromatic heterocycles. The average Bonchev–Trinajstić information content (AvgIpc) is 3.46. The number of H-pyrrole nitrogens is 1. The number of ether oxygens (including phenoxy) is 1. The maximum atomic E-state index is 6.34. The average molecular weight is 450 g/mol. The first-order valence-electron chi connectivity index (χ1n) is 11.3. The molecule has 0 fully saturated rings. The van der Waals surface area contributed by atoms with Crippen LogP contribution in [0.15, 0.2) is 48.5 Å². The van der Waals surface area contributed by atoms with E-state index in [1.54, 1.807) is 0 Å². The van der Waals surface area contributed by atoms with Crippen LogP contribution in [0.25, 0.3) is 28.5 Å². The van der Waals surface area contributed by atoms with E-state index in [1.165, 1.54) is 0 Å². The van der Waals surface area contributed by atoms with Crippen molar-refractivity contribution in [2.24, 2.45) is 0 Å². The lowest BCUT2D eigenvalue weighted by Crippen LogP contribution is -2.03. The number of tetrazole rings is 1. The highest BCUT2D eigenvalue weighted by Crippen LogP contribution is 2.39. The number of imidazole rings is 1. The lowest BCUT2D eigenvalue weighted by molar-refractivity contribution is 0.307. The molecule has 34 heavy (non-hydrogen) atoms. The third kappa shape index (κ3) is 3.26. The monoisotopic (exact) mass is 449 g/mol. The minimum absolute atomic E-state index is 0.470. The zero-order valence-corrected chi connectivity index (χ0v) is 19.2. The molecule has 0 amide bonds. The molecule has 0 bridgehead atoms. The second kappa shape index (κ2) is 7.91. The van der Waals surface area contributed by atoms with Crippen LogP contribution in [0.4, 0.5) is 0 Å². The van der Waals surface area contributed by atoms with Gasteiger partial charge in [0, 0.05) is 23.7 Å². The number of hydrogen-bond acceptors (Lipinski definition) is 6. The summed E-state index contributed by atoms with van der Waals surface area (Å²) in [6, 6.07) is 16.6. The summed E-state index contributed by atoms with van der Waals surface area (Å²) in [5.41, 5.74) is 9.04. The van der Waals surface area contributed by atoms with Crippen LogP contribution in [0.3, 0.4) is 0 Å². The highest BCUT2D eigenvalue weighted by Gasteiger charge is 2.22. The maximum absolute atomic E-state index is 6.34. The summed E-state index contributed by atoms with van der Waals surface area (Å²) in [4.78, 5) is 9.73. The quantitative estimate of drug-likeness (QED) is 0.433. The van der Waals surface area contributed by atoms with Crippen molar-refractivity contribution in [2.75, 3.05) is 0 Å². The topological polar surface area (TPSA) is 94.4 Å². The van der Waals surface area contributed by atoms with Gasteiger partial charge in [0.2, 0.25) is 0 Å². The van der Waals surface area contributed by atoms with E-state index in [4.69, 9.17) is 14.7 Å². The second-order valence-electron chi connectivity index (χ2n) is 8.42. The standard InChI is InChI=1S/C26H23N7O/c1-4-24-28-25-15(2)11-16(3)27-26(25)33(24)18-9-10-20-21(13-23-29-31-32-30-23)19-8-6-5-7-17(19)14-34-22(20)12-18/h5-13H,4,14H2,1-3H3,(H,29,30,31,32)/b21-13+. The van der Waals surface area contributed by atoms with Gasteiger partial charge in [0.05, 0.1) is 5.69 Å². The molecule has 0 radical (unpaired) electrons. The lowest BCUT2D eigenvalue weighted by Gasteiger charge is -2.14. The number of nitrogens with one attached hydrogen (secondary N) is 1. The van der Waals surface area contributed by atoms with Gasteiger partial charge in [0.1, 0.15) is 23.7 Å². The van der Waals surface area contributed by atoms with Crippen LogP contribution < -0.4 is 4.74 Å². The molecule has 1 aliphatic heterocycles. The van der Waals surface area contributed by atoms with Crippen molar-refractivity contribution >= 4 is 22.8 Å². The molecule has 0 spiro atoms. The van der Waals surface area contributed by atoms with E-state index in [0.717, 1.165) is 68.4 Å². The van der Waals surface area contributed by atoms with Crippen LogP contribution in [-0.4, -0.2) is 35.2 Å². The predicted molar refractivity (Wildman–Crippen MR) is 130 cm³/mol.